The Morgan fingerprint density at radius 2 is 2.21 bits per heavy atom. The quantitative estimate of drug-likeness (QED) is 0.646. The second kappa shape index (κ2) is 2.71. The summed E-state index contributed by atoms with van der Waals surface area (Å²) in [6.45, 7) is 3.48. The molecule has 0 aromatic rings. The monoisotopic (exact) mass is 194 g/mol. The van der Waals surface area contributed by atoms with Crippen LogP contribution >= 0.6 is 0 Å². The average Bonchev–Trinajstić information content (AvgIpc) is 2.96. The van der Waals surface area contributed by atoms with Crippen molar-refractivity contribution in [2.45, 2.75) is 43.5 Å². The summed E-state index contributed by atoms with van der Waals surface area (Å²) in [4.78, 5) is 2.74. The van der Waals surface area contributed by atoms with Crippen LogP contribution in [0.15, 0.2) is 0 Å². The molecule has 4 rings (SSSR count). The third kappa shape index (κ3) is 0.980. The molecular weight excluding hydrogens is 176 g/mol. The van der Waals surface area contributed by atoms with E-state index in [4.69, 9.17) is 4.74 Å². The predicted octanol–water partition coefficient (Wildman–Crippen LogP) is 0.210. The summed E-state index contributed by atoms with van der Waals surface area (Å²) in [5.41, 5.74) is 0. The van der Waals surface area contributed by atoms with Crippen LogP contribution in [0.1, 0.15) is 19.3 Å². The maximum atomic E-state index is 5.66. The third-order valence-corrected chi connectivity index (χ3v) is 4.66. The van der Waals surface area contributed by atoms with Gasteiger partial charge in [-0.25, -0.2) is 0 Å². The van der Waals surface area contributed by atoms with Gasteiger partial charge in [0.1, 0.15) is 0 Å². The van der Waals surface area contributed by atoms with Gasteiger partial charge in [0.05, 0.1) is 12.7 Å². The Kier molecular flexibility index (Phi) is 1.57. The summed E-state index contributed by atoms with van der Waals surface area (Å²) >= 11 is 0. The predicted molar refractivity (Wildman–Crippen MR) is 53.2 cm³/mol. The van der Waals surface area contributed by atoms with E-state index < -0.39 is 0 Å². The normalized spacial score (nSPS) is 56.1. The fraction of sp³-hybridized carbons (Fsp3) is 1.00. The maximum absolute atomic E-state index is 5.66. The molecule has 4 fully saturated rings. The molecule has 3 saturated heterocycles. The fourth-order valence-electron chi connectivity index (χ4n) is 4.02. The van der Waals surface area contributed by atoms with Crippen molar-refractivity contribution in [2.75, 3.05) is 19.7 Å². The number of nitrogens with one attached hydrogen (secondary N) is 1. The molecule has 0 aromatic carbocycles. The van der Waals surface area contributed by atoms with Crippen molar-refractivity contribution in [3.63, 3.8) is 0 Å². The van der Waals surface area contributed by atoms with E-state index in [1.807, 2.05) is 0 Å². The maximum Gasteiger partial charge on any atom is 0.0718 e. The topological polar surface area (TPSA) is 24.5 Å². The smallest absolute Gasteiger partial charge is 0.0718 e. The van der Waals surface area contributed by atoms with E-state index >= 15 is 0 Å². The highest BCUT2D eigenvalue weighted by atomic mass is 16.5. The fourth-order valence-corrected chi connectivity index (χ4v) is 4.02. The van der Waals surface area contributed by atoms with Crippen LogP contribution in [0.3, 0.4) is 0 Å². The largest absolute Gasteiger partial charge is 0.375 e. The van der Waals surface area contributed by atoms with Crippen molar-refractivity contribution in [1.82, 2.24) is 10.2 Å². The second-order valence-corrected chi connectivity index (χ2v) is 5.46. The molecule has 5 atom stereocenters. The Morgan fingerprint density at radius 1 is 1.21 bits per heavy atom. The van der Waals surface area contributed by atoms with E-state index in [1.165, 1.54) is 32.4 Å². The van der Waals surface area contributed by atoms with Crippen molar-refractivity contribution >= 4 is 0 Å². The molecule has 0 radical (unpaired) electrons. The first-order valence-corrected chi connectivity index (χ1v) is 6.01. The van der Waals surface area contributed by atoms with Crippen LogP contribution < -0.4 is 5.32 Å². The molecule has 1 aliphatic carbocycles. The molecule has 3 aliphatic heterocycles. The van der Waals surface area contributed by atoms with Crippen molar-refractivity contribution in [1.29, 1.82) is 0 Å². The van der Waals surface area contributed by atoms with Crippen LogP contribution in [0.2, 0.25) is 0 Å². The number of hydrogen-bond acceptors (Lipinski definition) is 3. The number of nitrogens with zero attached hydrogens (tertiary/aromatic N) is 1. The summed E-state index contributed by atoms with van der Waals surface area (Å²) in [7, 11) is 0. The Hall–Kier alpha value is -0.120. The van der Waals surface area contributed by atoms with Gasteiger partial charge in [-0.1, -0.05) is 0 Å². The first kappa shape index (κ1) is 8.08. The second-order valence-electron chi connectivity index (χ2n) is 5.46. The standard InChI is InChI=1S/C11H18N2O/c1-7-2-11(10(1)12-4-7)13-5-9-3-8(13)6-14-9/h7-12H,1-6H2. The summed E-state index contributed by atoms with van der Waals surface area (Å²) in [6, 6.07) is 2.40. The van der Waals surface area contributed by atoms with Gasteiger partial charge in [-0.3, -0.25) is 4.90 Å². The lowest BCUT2D eigenvalue weighted by molar-refractivity contribution is 0.00471. The number of ether oxygens (including phenoxy) is 1. The zero-order valence-corrected chi connectivity index (χ0v) is 8.48. The van der Waals surface area contributed by atoms with Crippen LogP contribution in [0, 0.1) is 5.92 Å². The highest BCUT2D eigenvalue weighted by Gasteiger charge is 2.49. The molecule has 3 heterocycles. The van der Waals surface area contributed by atoms with E-state index in [-0.39, 0.29) is 0 Å². The lowest BCUT2D eigenvalue weighted by Gasteiger charge is -2.37. The number of piperidine rings is 1. The van der Waals surface area contributed by atoms with Gasteiger partial charge in [0.2, 0.25) is 0 Å². The van der Waals surface area contributed by atoms with Crippen LogP contribution in [0.25, 0.3) is 0 Å². The Morgan fingerprint density at radius 3 is 2.79 bits per heavy atom. The van der Waals surface area contributed by atoms with E-state index in [0.29, 0.717) is 6.10 Å². The summed E-state index contributed by atoms with van der Waals surface area (Å²) in [6.07, 6.45) is 4.74. The van der Waals surface area contributed by atoms with E-state index in [2.05, 4.69) is 10.2 Å². The number of rotatable bonds is 1. The molecule has 1 saturated carbocycles. The zero-order chi connectivity index (χ0) is 9.12. The molecule has 5 unspecified atom stereocenters. The van der Waals surface area contributed by atoms with Crippen molar-refractivity contribution < 1.29 is 4.74 Å². The lowest BCUT2D eigenvalue weighted by atomic mass is 10.1. The molecule has 14 heavy (non-hydrogen) atoms. The molecule has 0 spiro atoms. The Bertz CT molecular complexity index is 232. The third-order valence-electron chi connectivity index (χ3n) is 4.66. The summed E-state index contributed by atoms with van der Waals surface area (Å²) in [5, 5.41) is 3.66. The highest BCUT2D eigenvalue weighted by molar-refractivity contribution is 5.05. The van der Waals surface area contributed by atoms with E-state index in [9.17, 15) is 0 Å². The zero-order valence-electron chi connectivity index (χ0n) is 8.48. The van der Waals surface area contributed by atoms with Gasteiger partial charge in [-0.2, -0.15) is 0 Å². The first-order valence-electron chi connectivity index (χ1n) is 6.01. The van der Waals surface area contributed by atoms with Crippen LogP contribution in [-0.2, 0) is 4.74 Å². The first-order chi connectivity index (χ1) is 6.90. The molecule has 0 aromatic heterocycles. The van der Waals surface area contributed by atoms with Gasteiger partial charge in [0.25, 0.3) is 0 Å². The Balaban J connectivity index is 1.54. The van der Waals surface area contributed by atoms with Gasteiger partial charge in [0.15, 0.2) is 0 Å². The highest BCUT2D eigenvalue weighted by Crippen LogP contribution is 2.39. The lowest BCUT2D eigenvalue weighted by Crippen LogP contribution is -2.52. The number of morpholine rings is 1. The summed E-state index contributed by atoms with van der Waals surface area (Å²) < 4.78 is 5.66. The SMILES string of the molecule is C1NC2CC1CC2N1CC2CC1CO2. The number of hydrogen-bond donors (Lipinski definition) is 1. The molecule has 78 valence electrons. The van der Waals surface area contributed by atoms with Crippen LogP contribution in [0.5, 0.6) is 0 Å². The minimum atomic E-state index is 0.569. The Labute approximate surface area is 84.8 Å². The number of fused-ring (bicyclic) bond motifs is 4. The number of likely N-dealkylation sites (tertiary alicyclic amines) is 1. The molecule has 3 nitrogen and oxygen atoms in total. The van der Waals surface area contributed by atoms with Gasteiger partial charge >= 0.3 is 0 Å². The summed E-state index contributed by atoms with van der Waals surface area (Å²) in [5.74, 6) is 0.977. The molecular formula is C11H18N2O. The van der Waals surface area contributed by atoms with Gasteiger partial charge < -0.3 is 10.1 Å². The van der Waals surface area contributed by atoms with Gasteiger partial charge in [-0.15, -0.1) is 0 Å². The molecule has 4 bridgehead atoms. The van der Waals surface area contributed by atoms with Gasteiger partial charge in [-0.05, 0) is 31.7 Å². The average molecular weight is 194 g/mol. The van der Waals surface area contributed by atoms with Crippen LogP contribution in [0.4, 0.5) is 0 Å². The molecule has 0 amide bonds. The minimum absolute atomic E-state index is 0.569. The van der Waals surface area contributed by atoms with Crippen molar-refractivity contribution in [2.24, 2.45) is 5.92 Å². The van der Waals surface area contributed by atoms with Crippen LogP contribution in [-0.4, -0.2) is 48.8 Å². The van der Waals surface area contributed by atoms with Gasteiger partial charge in [0, 0.05) is 24.7 Å². The van der Waals surface area contributed by atoms with E-state index in [1.54, 1.807) is 0 Å². The van der Waals surface area contributed by atoms with Crippen molar-refractivity contribution in [3.05, 3.63) is 0 Å². The molecule has 4 aliphatic rings. The minimum Gasteiger partial charge on any atom is -0.375 e. The van der Waals surface area contributed by atoms with Crippen molar-refractivity contribution in [3.8, 4) is 0 Å². The molecule has 3 heteroatoms. The molecule has 1 N–H and O–H groups in total. The van der Waals surface area contributed by atoms with E-state index in [0.717, 1.165) is 30.7 Å².